The summed E-state index contributed by atoms with van der Waals surface area (Å²) in [5, 5.41) is 14.3. The van der Waals surface area contributed by atoms with E-state index in [-0.39, 0.29) is 16.7 Å². The first-order valence-electron chi connectivity index (χ1n) is 6.78. The predicted octanol–water partition coefficient (Wildman–Crippen LogP) is 5.23. The van der Waals surface area contributed by atoms with Crippen molar-refractivity contribution in [1.82, 2.24) is 0 Å². The van der Waals surface area contributed by atoms with E-state index in [2.05, 4.69) is 40.3 Å². The Morgan fingerprint density at radius 2 is 2.05 bits per heavy atom. The smallest absolute Gasteiger partial charge is 0.272 e. The van der Waals surface area contributed by atoms with Crippen LogP contribution in [0.2, 0.25) is 0 Å². The normalized spacial score (nSPS) is 12.0. The van der Waals surface area contributed by atoms with E-state index >= 15 is 0 Å². The minimum Gasteiger partial charge on any atom is -0.378 e. The Kier molecular flexibility index (Phi) is 4.96. The number of nitro groups is 1. The van der Waals surface area contributed by atoms with Crippen molar-refractivity contribution in [3.05, 3.63) is 68.2 Å². The van der Waals surface area contributed by atoms with Crippen molar-refractivity contribution < 1.29 is 4.92 Å². The maximum atomic E-state index is 10.9. The number of hydrogen-bond donors (Lipinski definition) is 1. The number of nitrogens with one attached hydrogen (secondary N) is 1. The molecule has 5 heteroatoms. The number of hydrogen-bond acceptors (Lipinski definition) is 3. The summed E-state index contributed by atoms with van der Waals surface area (Å²) in [7, 11) is 0. The molecule has 0 bridgehead atoms. The standard InChI is InChI=1S/C16H17BrN2O2/c1-3-15(12-5-4-6-13(17)10-12)18-14-7-8-16(19(20)21)11(2)9-14/h4-10,15,18H,3H2,1-2H3. The molecule has 0 saturated heterocycles. The number of nitrogens with zero attached hydrogens (tertiary/aromatic N) is 1. The van der Waals surface area contributed by atoms with Crippen molar-refractivity contribution in [1.29, 1.82) is 0 Å². The topological polar surface area (TPSA) is 55.2 Å². The summed E-state index contributed by atoms with van der Waals surface area (Å²) >= 11 is 3.48. The van der Waals surface area contributed by atoms with E-state index in [1.165, 1.54) is 5.56 Å². The van der Waals surface area contributed by atoms with Gasteiger partial charge in [0.1, 0.15) is 0 Å². The number of aryl methyl sites for hydroxylation is 1. The summed E-state index contributed by atoms with van der Waals surface area (Å²) < 4.78 is 1.04. The summed E-state index contributed by atoms with van der Waals surface area (Å²) in [6.45, 7) is 3.86. The fourth-order valence-electron chi connectivity index (χ4n) is 2.30. The van der Waals surface area contributed by atoms with Crippen LogP contribution in [0.1, 0.15) is 30.5 Å². The molecule has 0 spiro atoms. The van der Waals surface area contributed by atoms with Crippen molar-refractivity contribution in [2.75, 3.05) is 5.32 Å². The molecule has 0 fully saturated rings. The molecule has 21 heavy (non-hydrogen) atoms. The van der Waals surface area contributed by atoms with Gasteiger partial charge < -0.3 is 5.32 Å². The number of halogens is 1. The molecule has 0 aliphatic carbocycles. The summed E-state index contributed by atoms with van der Waals surface area (Å²) in [5.74, 6) is 0. The van der Waals surface area contributed by atoms with E-state index in [1.54, 1.807) is 19.1 Å². The molecule has 0 amide bonds. The Morgan fingerprint density at radius 1 is 1.29 bits per heavy atom. The van der Waals surface area contributed by atoms with E-state index < -0.39 is 0 Å². The first kappa shape index (κ1) is 15.5. The fourth-order valence-corrected chi connectivity index (χ4v) is 2.71. The molecule has 1 atom stereocenters. The highest BCUT2D eigenvalue weighted by Gasteiger charge is 2.13. The van der Waals surface area contributed by atoms with Gasteiger partial charge in [-0.25, -0.2) is 0 Å². The third kappa shape index (κ3) is 3.82. The lowest BCUT2D eigenvalue weighted by Gasteiger charge is -2.19. The minimum absolute atomic E-state index is 0.149. The Labute approximate surface area is 132 Å². The number of benzene rings is 2. The molecule has 0 aliphatic heterocycles. The summed E-state index contributed by atoms with van der Waals surface area (Å²) in [4.78, 5) is 10.5. The third-order valence-corrected chi connectivity index (χ3v) is 3.89. The molecule has 2 aromatic rings. The van der Waals surface area contributed by atoms with Crippen LogP contribution in [-0.4, -0.2) is 4.92 Å². The van der Waals surface area contributed by atoms with Gasteiger partial charge in [-0.05, 0) is 43.2 Å². The van der Waals surface area contributed by atoms with Gasteiger partial charge in [0.05, 0.1) is 11.0 Å². The maximum absolute atomic E-state index is 10.9. The van der Waals surface area contributed by atoms with Gasteiger partial charge in [0.25, 0.3) is 5.69 Å². The van der Waals surface area contributed by atoms with Gasteiger partial charge in [0, 0.05) is 21.8 Å². The Hall–Kier alpha value is -1.88. The van der Waals surface area contributed by atoms with Crippen LogP contribution in [0.15, 0.2) is 46.9 Å². The third-order valence-electron chi connectivity index (χ3n) is 3.39. The van der Waals surface area contributed by atoms with E-state index in [0.29, 0.717) is 5.56 Å². The first-order chi connectivity index (χ1) is 10.0. The molecular weight excluding hydrogens is 332 g/mol. The van der Waals surface area contributed by atoms with Crippen LogP contribution in [0.4, 0.5) is 11.4 Å². The predicted molar refractivity (Wildman–Crippen MR) is 88.6 cm³/mol. The highest BCUT2D eigenvalue weighted by Crippen LogP contribution is 2.27. The number of anilines is 1. The van der Waals surface area contributed by atoms with Crippen LogP contribution in [0.25, 0.3) is 0 Å². The zero-order valence-electron chi connectivity index (χ0n) is 12.0. The highest BCUT2D eigenvalue weighted by molar-refractivity contribution is 9.10. The SMILES string of the molecule is CCC(Nc1ccc([N+](=O)[O-])c(C)c1)c1cccc(Br)c1. The van der Waals surface area contributed by atoms with Crippen molar-refractivity contribution in [2.24, 2.45) is 0 Å². The molecule has 1 N–H and O–H groups in total. The molecule has 1 unspecified atom stereocenters. The average molecular weight is 349 g/mol. The average Bonchev–Trinajstić information content (AvgIpc) is 2.44. The summed E-state index contributed by atoms with van der Waals surface area (Å²) in [5.41, 5.74) is 2.89. The molecule has 2 aromatic carbocycles. The lowest BCUT2D eigenvalue weighted by molar-refractivity contribution is -0.385. The number of rotatable bonds is 5. The fraction of sp³-hybridized carbons (Fsp3) is 0.250. The second-order valence-corrected chi connectivity index (χ2v) is 5.83. The second-order valence-electron chi connectivity index (χ2n) is 4.92. The van der Waals surface area contributed by atoms with Gasteiger partial charge >= 0.3 is 0 Å². The van der Waals surface area contributed by atoms with Crippen LogP contribution >= 0.6 is 15.9 Å². The van der Waals surface area contributed by atoms with Gasteiger partial charge in [-0.2, -0.15) is 0 Å². The monoisotopic (exact) mass is 348 g/mol. The van der Waals surface area contributed by atoms with Gasteiger partial charge in [0.2, 0.25) is 0 Å². The van der Waals surface area contributed by atoms with Crippen molar-refractivity contribution in [3.8, 4) is 0 Å². The lowest BCUT2D eigenvalue weighted by Crippen LogP contribution is -2.10. The Morgan fingerprint density at radius 3 is 2.62 bits per heavy atom. The van der Waals surface area contributed by atoms with Crippen molar-refractivity contribution in [3.63, 3.8) is 0 Å². The molecular formula is C16H17BrN2O2. The molecule has 0 aromatic heterocycles. The van der Waals surface area contributed by atoms with Crippen molar-refractivity contribution in [2.45, 2.75) is 26.3 Å². The van der Waals surface area contributed by atoms with Gasteiger partial charge in [-0.1, -0.05) is 35.0 Å². The zero-order chi connectivity index (χ0) is 15.4. The van der Waals surface area contributed by atoms with E-state index in [0.717, 1.165) is 16.6 Å². The van der Waals surface area contributed by atoms with Crippen LogP contribution in [0, 0.1) is 17.0 Å². The summed E-state index contributed by atoms with van der Waals surface area (Å²) in [6.07, 6.45) is 0.923. The Balaban J connectivity index is 2.23. The molecule has 4 nitrogen and oxygen atoms in total. The molecule has 0 radical (unpaired) electrons. The van der Waals surface area contributed by atoms with E-state index in [1.807, 2.05) is 18.2 Å². The minimum atomic E-state index is -0.356. The Bertz CT molecular complexity index is 658. The molecule has 0 heterocycles. The van der Waals surface area contributed by atoms with Crippen molar-refractivity contribution >= 4 is 27.3 Å². The zero-order valence-corrected chi connectivity index (χ0v) is 13.6. The van der Waals surface area contributed by atoms with E-state index in [9.17, 15) is 10.1 Å². The first-order valence-corrected chi connectivity index (χ1v) is 7.57. The summed E-state index contributed by atoms with van der Waals surface area (Å²) in [6, 6.07) is 13.4. The quantitative estimate of drug-likeness (QED) is 0.594. The van der Waals surface area contributed by atoms with Gasteiger partial charge in [-0.3, -0.25) is 10.1 Å². The molecule has 0 aliphatic rings. The highest BCUT2D eigenvalue weighted by atomic mass is 79.9. The molecule has 2 rings (SSSR count). The molecule has 110 valence electrons. The van der Waals surface area contributed by atoms with E-state index in [4.69, 9.17) is 0 Å². The van der Waals surface area contributed by atoms with Gasteiger partial charge in [0.15, 0.2) is 0 Å². The maximum Gasteiger partial charge on any atom is 0.272 e. The van der Waals surface area contributed by atoms with Crippen LogP contribution in [0.3, 0.4) is 0 Å². The number of nitro benzene ring substituents is 1. The largest absolute Gasteiger partial charge is 0.378 e. The lowest BCUT2D eigenvalue weighted by atomic mass is 10.0. The van der Waals surface area contributed by atoms with Crippen LogP contribution < -0.4 is 5.32 Å². The second kappa shape index (κ2) is 6.72. The van der Waals surface area contributed by atoms with Crippen LogP contribution in [0.5, 0.6) is 0 Å². The molecule has 0 saturated carbocycles. The van der Waals surface area contributed by atoms with Gasteiger partial charge in [-0.15, -0.1) is 0 Å². The van der Waals surface area contributed by atoms with Crippen LogP contribution in [-0.2, 0) is 0 Å².